The van der Waals surface area contributed by atoms with Crippen LogP contribution in [0.2, 0.25) is 0 Å². The number of nitrogens with one attached hydrogen (secondary N) is 1. The van der Waals surface area contributed by atoms with Crippen LogP contribution >= 0.6 is 11.3 Å². The van der Waals surface area contributed by atoms with Gasteiger partial charge in [0, 0.05) is 11.0 Å². The minimum atomic E-state index is -1.09. The Kier molecular flexibility index (Phi) is 6.13. The van der Waals surface area contributed by atoms with Gasteiger partial charge in [0.15, 0.2) is 6.61 Å². The predicted molar refractivity (Wildman–Crippen MR) is 93.5 cm³/mol. The van der Waals surface area contributed by atoms with E-state index in [1.54, 1.807) is 37.3 Å². The molecular formula is C18H18N2O3S. The zero-order valence-electron chi connectivity index (χ0n) is 13.2. The van der Waals surface area contributed by atoms with Crippen LogP contribution in [0.4, 0.5) is 0 Å². The van der Waals surface area contributed by atoms with Crippen LogP contribution in [0.25, 0.3) is 6.08 Å². The topological polar surface area (TPSA) is 82.3 Å². The molecule has 0 aliphatic heterocycles. The van der Waals surface area contributed by atoms with Crippen molar-refractivity contribution >= 4 is 23.3 Å². The highest BCUT2D eigenvalue weighted by Crippen LogP contribution is 2.24. The lowest BCUT2D eigenvalue weighted by atomic mass is 10.1. The summed E-state index contributed by atoms with van der Waals surface area (Å²) in [6, 6.07) is 12.6. The highest BCUT2D eigenvalue weighted by atomic mass is 32.1. The largest absolute Gasteiger partial charge is 0.479 e. The molecule has 5 nitrogen and oxygen atoms in total. The first-order valence-corrected chi connectivity index (χ1v) is 8.21. The maximum Gasteiger partial charge on any atom is 0.244 e. The van der Waals surface area contributed by atoms with Crippen LogP contribution in [0.5, 0.6) is 5.75 Å². The first-order chi connectivity index (χ1) is 11.5. The van der Waals surface area contributed by atoms with Crippen molar-refractivity contribution in [1.82, 2.24) is 5.32 Å². The second kappa shape index (κ2) is 8.29. The molecule has 0 aliphatic rings. The van der Waals surface area contributed by atoms with E-state index in [4.69, 9.17) is 10.00 Å². The van der Waals surface area contributed by atoms with E-state index in [0.717, 1.165) is 10.4 Å². The molecule has 0 radical (unpaired) electrons. The van der Waals surface area contributed by atoms with Crippen LogP contribution in [0.15, 0.2) is 47.9 Å². The van der Waals surface area contributed by atoms with Crippen LogP contribution in [0.1, 0.15) is 17.4 Å². The number of carbonyl (C=O) groups excluding carboxylic acids is 1. The van der Waals surface area contributed by atoms with Gasteiger partial charge in [-0.25, -0.2) is 0 Å². The first-order valence-electron chi connectivity index (χ1n) is 7.33. The number of hydrogen-bond acceptors (Lipinski definition) is 5. The number of hydrogen-bond donors (Lipinski definition) is 2. The monoisotopic (exact) mass is 342 g/mol. The standard InChI is InChI=1S/C18H18N2O3S/c1-18(22,16-3-2-12-24-16)13-20-17(21)9-6-14-4-7-15(8-5-14)23-11-10-19/h2-9,12,22H,11,13H2,1H3,(H,20,21). The molecule has 1 heterocycles. The van der Waals surface area contributed by atoms with E-state index >= 15 is 0 Å². The molecular weight excluding hydrogens is 324 g/mol. The van der Waals surface area contributed by atoms with Crippen LogP contribution in [-0.4, -0.2) is 24.2 Å². The summed E-state index contributed by atoms with van der Waals surface area (Å²) in [6.45, 7) is 1.81. The Hall–Kier alpha value is -2.62. The second-order valence-electron chi connectivity index (χ2n) is 5.32. The van der Waals surface area contributed by atoms with Crippen LogP contribution in [0, 0.1) is 11.3 Å². The fourth-order valence-corrected chi connectivity index (χ4v) is 2.74. The maximum atomic E-state index is 11.9. The lowest BCUT2D eigenvalue weighted by Crippen LogP contribution is -2.37. The minimum absolute atomic E-state index is 0.00175. The SMILES string of the molecule is CC(O)(CNC(=O)C=Cc1ccc(OCC#N)cc1)c1cccs1. The van der Waals surface area contributed by atoms with E-state index in [0.29, 0.717) is 5.75 Å². The van der Waals surface area contributed by atoms with Crippen molar-refractivity contribution in [3.8, 4) is 11.8 Å². The Bertz CT molecular complexity index is 729. The van der Waals surface area contributed by atoms with Crippen molar-refractivity contribution in [2.75, 3.05) is 13.2 Å². The van der Waals surface area contributed by atoms with Gasteiger partial charge in [0.25, 0.3) is 0 Å². The summed E-state index contributed by atoms with van der Waals surface area (Å²) in [5.74, 6) is 0.321. The van der Waals surface area contributed by atoms with Crippen LogP contribution in [-0.2, 0) is 10.4 Å². The molecule has 0 spiro atoms. The number of nitriles is 1. The molecule has 0 saturated heterocycles. The highest BCUT2D eigenvalue weighted by Gasteiger charge is 2.24. The average molecular weight is 342 g/mol. The van der Waals surface area contributed by atoms with E-state index in [-0.39, 0.29) is 19.1 Å². The molecule has 2 rings (SSSR count). The Morgan fingerprint density at radius 3 is 2.79 bits per heavy atom. The molecule has 2 aromatic rings. The van der Waals surface area contributed by atoms with Gasteiger partial charge in [-0.1, -0.05) is 18.2 Å². The molecule has 2 N–H and O–H groups in total. The Morgan fingerprint density at radius 2 is 2.17 bits per heavy atom. The maximum absolute atomic E-state index is 11.9. The molecule has 1 aromatic heterocycles. The van der Waals surface area contributed by atoms with E-state index < -0.39 is 5.60 Å². The van der Waals surface area contributed by atoms with Gasteiger partial charge in [-0.15, -0.1) is 11.3 Å². The number of benzene rings is 1. The van der Waals surface area contributed by atoms with Crippen molar-refractivity contribution < 1.29 is 14.6 Å². The molecule has 0 fully saturated rings. The van der Waals surface area contributed by atoms with Gasteiger partial charge in [-0.2, -0.15) is 5.26 Å². The summed E-state index contributed by atoms with van der Waals surface area (Å²) in [5, 5.41) is 23.4. The molecule has 0 saturated carbocycles. The van der Waals surface area contributed by atoms with E-state index in [1.807, 2.05) is 23.6 Å². The van der Waals surface area contributed by atoms with Gasteiger partial charge >= 0.3 is 0 Å². The quantitative estimate of drug-likeness (QED) is 0.758. The molecule has 0 aliphatic carbocycles. The van der Waals surface area contributed by atoms with Crippen molar-refractivity contribution in [2.45, 2.75) is 12.5 Å². The third-order valence-electron chi connectivity index (χ3n) is 3.27. The van der Waals surface area contributed by atoms with Crippen LogP contribution < -0.4 is 10.1 Å². The highest BCUT2D eigenvalue weighted by molar-refractivity contribution is 7.10. The lowest BCUT2D eigenvalue weighted by Gasteiger charge is -2.21. The predicted octanol–water partition coefficient (Wildman–Crippen LogP) is 2.69. The lowest BCUT2D eigenvalue weighted by molar-refractivity contribution is -0.117. The zero-order chi connectivity index (χ0) is 17.4. The smallest absolute Gasteiger partial charge is 0.244 e. The summed E-state index contributed by atoms with van der Waals surface area (Å²) >= 11 is 1.45. The Morgan fingerprint density at radius 1 is 1.42 bits per heavy atom. The summed E-state index contributed by atoms with van der Waals surface area (Å²) < 4.78 is 5.16. The second-order valence-corrected chi connectivity index (χ2v) is 6.27. The molecule has 1 unspecified atom stereocenters. The summed E-state index contributed by atoms with van der Waals surface area (Å²) in [5.41, 5.74) is -0.253. The van der Waals surface area contributed by atoms with Crippen LogP contribution in [0.3, 0.4) is 0 Å². The van der Waals surface area contributed by atoms with E-state index in [1.165, 1.54) is 17.4 Å². The number of carbonyl (C=O) groups is 1. The summed E-state index contributed by atoms with van der Waals surface area (Å²) in [4.78, 5) is 12.7. The number of aliphatic hydroxyl groups is 1. The fraction of sp³-hybridized carbons (Fsp3) is 0.222. The minimum Gasteiger partial charge on any atom is -0.479 e. The van der Waals surface area contributed by atoms with Gasteiger partial charge in [0.1, 0.15) is 17.4 Å². The Balaban J connectivity index is 1.85. The molecule has 6 heteroatoms. The number of amides is 1. The molecule has 1 aromatic carbocycles. The third-order valence-corrected chi connectivity index (χ3v) is 4.39. The van der Waals surface area contributed by atoms with Gasteiger partial charge in [0.05, 0.1) is 6.54 Å². The molecule has 124 valence electrons. The van der Waals surface area contributed by atoms with Crippen molar-refractivity contribution in [3.05, 3.63) is 58.3 Å². The van der Waals surface area contributed by atoms with Gasteiger partial charge in [-0.3, -0.25) is 4.79 Å². The van der Waals surface area contributed by atoms with Crippen molar-refractivity contribution in [3.63, 3.8) is 0 Å². The Labute approximate surface area is 144 Å². The van der Waals surface area contributed by atoms with Crippen molar-refractivity contribution in [2.24, 2.45) is 0 Å². The van der Waals surface area contributed by atoms with Crippen molar-refractivity contribution in [1.29, 1.82) is 5.26 Å². The van der Waals surface area contributed by atoms with Gasteiger partial charge < -0.3 is 15.2 Å². The number of ether oxygens (including phenoxy) is 1. The van der Waals surface area contributed by atoms with Gasteiger partial charge in [0.2, 0.25) is 5.91 Å². The van der Waals surface area contributed by atoms with E-state index in [9.17, 15) is 9.90 Å². The fourth-order valence-electron chi connectivity index (χ4n) is 1.95. The number of nitrogens with zero attached hydrogens (tertiary/aromatic N) is 1. The van der Waals surface area contributed by atoms with Gasteiger partial charge in [-0.05, 0) is 42.1 Å². The zero-order valence-corrected chi connectivity index (χ0v) is 14.0. The average Bonchev–Trinajstić information content (AvgIpc) is 3.13. The molecule has 1 atom stereocenters. The van der Waals surface area contributed by atoms with E-state index in [2.05, 4.69) is 5.32 Å². The number of rotatable bonds is 7. The summed E-state index contributed by atoms with van der Waals surface area (Å²) in [7, 11) is 0. The normalized spacial score (nSPS) is 13.2. The first kappa shape index (κ1) is 17.7. The molecule has 0 bridgehead atoms. The third kappa shape index (κ3) is 5.23. The molecule has 1 amide bonds. The summed E-state index contributed by atoms with van der Waals surface area (Å²) in [6.07, 6.45) is 3.08. The molecule has 24 heavy (non-hydrogen) atoms. The number of thiophene rings is 1.